The highest BCUT2D eigenvalue weighted by atomic mass is 19.1. The standard InChI is InChI=1S/C19H20F2N2O3/c1-25-15-8-14(9-16(10-15)26-2)22-18(24)11-23-5-3-4-12-6-13(20)7-17(21)19(12)23/h6-10H,3-5,11H2,1-2H3,(H,22,24). The van der Waals surface area contributed by atoms with Crippen molar-refractivity contribution in [1.82, 2.24) is 0 Å². The van der Waals surface area contributed by atoms with E-state index in [9.17, 15) is 13.6 Å². The number of ether oxygens (including phenoxy) is 2. The summed E-state index contributed by atoms with van der Waals surface area (Å²) in [6.07, 6.45) is 1.32. The van der Waals surface area contributed by atoms with Crippen molar-refractivity contribution in [1.29, 1.82) is 0 Å². The lowest BCUT2D eigenvalue weighted by Gasteiger charge is -2.31. The summed E-state index contributed by atoms with van der Waals surface area (Å²) in [7, 11) is 3.04. The molecule has 1 heterocycles. The van der Waals surface area contributed by atoms with Crippen LogP contribution in [-0.2, 0) is 11.2 Å². The molecular weight excluding hydrogens is 342 g/mol. The number of rotatable bonds is 5. The van der Waals surface area contributed by atoms with Gasteiger partial charge >= 0.3 is 0 Å². The summed E-state index contributed by atoms with van der Waals surface area (Å²) in [5, 5.41) is 2.76. The molecule has 26 heavy (non-hydrogen) atoms. The molecule has 3 rings (SSSR count). The lowest BCUT2D eigenvalue weighted by molar-refractivity contribution is -0.115. The SMILES string of the molecule is COc1cc(NC(=O)CN2CCCc3cc(F)cc(F)c32)cc(OC)c1. The first kappa shape index (κ1) is 18.0. The molecule has 2 aromatic rings. The molecule has 0 radical (unpaired) electrons. The summed E-state index contributed by atoms with van der Waals surface area (Å²) in [5.74, 6) is -0.461. The molecule has 1 aliphatic rings. The van der Waals surface area contributed by atoms with Gasteiger partial charge in [-0.15, -0.1) is 0 Å². The van der Waals surface area contributed by atoms with Crippen LogP contribution in [-0.4, -0.2) is 33.2 Å². The van der Waals surface area contributed by atoms with Crippen LogP contribution in [0.15, 0.2) is 30.3 Å². The molecule has 0 bridgehead atoms. The highest BCUT2D eigenvalue weighted by Gasteiger charge is 2.23. The van der Waals surface area contributed by atoms with Crippen molar-refractivity contribution in [2.45, 2.75) is 12.8 Å². The van der Waals surface area contributed by atoms with Crippen molar-refractivity contribution in [2.75, 3.05) is 37.5 Å². The minimum Gasteiger partial charge on any atom is -0.497 e. The van der Waals surface area contributed by atoms with Crippen molar-refractivity contribution in [3.8, 4) is 11.5 Å². The second-order valence-corrected chi connectivity index (χ2v) is 6.07. The molecule has 5 nitrogen and oxygen atoms in total. The second-order valence-electron chi connectivity index (χ2n) is 6.07. The number of anilines is 2. The van der Waals surface area contributed by atoms with Crippen LogP contribution >= 0.6 is 0 Å². The van der Waals surface area contributed by atoms with E-state index in [0.29, 0.717) is 41.4 Å². The van der Waals surface area contributed by atoms with E-state index in [1.807, 2.05) is 0 Å². The van der Waals surface area contributed by atoms with Crippen LogP contribution in [0.2, 0.25) is 0 Å². The van der Waals surface area contributed by atoms with E-state index < -0.39 is 11.6 Å². The number of nitrogens with one attached hydrogen (secondary N) is 1. The normalized spacial score (nSPS) is 13.2. The summed E-state index contributed by atoms with van der Waals surface area (Å²) < 4.78 is 38.0. The third-order valence-electron chi connectivity index (χ3n) is 4.27. The number of nitrogens with zero attached hydrogens (tertiary/aromatic N) is 1. The van der Waals surface area contributed by atoms with Gasteiger partial charge < -0.3 is 19.7 Å². The van der Waals surface area contributed by atoms with Crippen LogP contribution in [0, 0.1) is 11.6 Å². The van der Waals surface area contributed by atoms with Gasteiger partial charge in [-0.2, -0.15) is 0 Å². The average Bonchev–Trinajstić information content (AvgIpc) is 2.60. The summed E-state index contributed by atoms with van der Waals surface area (Å²) in [5.41, 5.74) is 1.41. The number of fused-ring (bicyclic) bond motifs is 1. The maximum atomic E-state index is 14.2. The maximum absolute atomic E-state index is 14.2. The van der Waals surface area contributed by atoms with Gasteiger partial charge in [0.25, 0.3) is 0 Å². The number of amides is 1. The van der Waals surface area contributed by atoms with Crippen LogP contribution in [0.4, 0.5) is 20.2 Å². The van der Waals surface area contributed by atoms with E-state index in [1.54, 1.807) is 23.1 Å². The Labute approximate surface area is 150 Å². The topological polar surface area (TPSA) is 50.8 Å². The number of hydrogen-bond acceptors (Lipinski definition) is 4. The maximum Gasteiger partial charge on any atom is 0.243 e. The fourth-order valence-corrected chi connectivity index (χ4v) is 3.15. The van der Waals surface area contributed by atoms with Gasteiger partial charge in [0.2, 0.25) is 5.91 Å². The number of halogens is 2. The molecular formula is C19H20F2N2O3. The van der Waals surface area contributed by atoms with E-state index in [2.05, 4.69) is 5.32 Å². The zero-order valence-electron chi connectivity index (χ0n) is 14.6. The summed E-state index contributed by atoms with van der Waals surface area (Å²) in [6, 6.07) is 7.21. The first-order valence-electron chi connectivity index (χ1n) is 8.26. The van der Waals surface area contributed by atoms with Crippen molar-refractivity contribution >= 4 is 17.3 Å². The van der Waals surface area contributed by atoms with E-state index in [1.165, 1.54) is 20.3 Å². The first-order chi connectivity index (χ1) is 12.5. The fourth-order valence-electron chi connectivity index (χ4n) is 3.15. The smallest absolute Gasteiger partial charge is 0.243 e. The van der Waals surface area contributed by atoms with Gasteiger partial charge in [0.1, 0.15) is 23.1 Å². The molecule has 7 heteroatoms. The first-order valence-corrected chi connectivity index (χ1v) is 8.26. The molecule has 1 N–H and O–H groups in total. The number of carbonyl (C=O) groups excluding carboxylic acids is 1. The van der Waals surface area contributed by atoms with E-state index in [-0.39, 0.29) is 12.5 Å². The van der Waals surface area contributed by atoms with Crippen molar-refractivity contribution < 1.29 is 23.0 Å². The molecule has 0 saturated carbocycles. The fraction of sp³-hybridized carbons (Fsp3) is 0.316. The molecule has 138 valence electrons. The number of benzene rings is 2. The molecule has 0 fully saturated rings. The van der Waals surface area contributed by atoms with Gasteiger partial charge in [0.15, 0.2) is 0 Å². The largest absolute Gasteiger partial charge is 0.497 e. The van der Waals surface area contributed by atoms with Gasteiger partial charge in [-0.3, -0.25) is 4.79 Å². The molecule has 1 aliphatic heterocycles. The van der Waals surface area contributed by atoms with Crippen LogP contribution < -0.4 is 19.7 Å². The van der Waals surface area contributed by atoms with Crippen LogP contribution in [0.1, 0.15) is 12.0 Å². The van der Waals surface area contributed by atoms with Gasteiger partial charge in [-0.1, -0.05) is 0 Å². The molecule has 0 aromatic heterocycles. The van der Waals surface area contributed by atoms with Gasteiger partial charge in [-0.25, -0.2) is 8.78 Å². The highest BCUT2D eigenvalue weighted by Crippen LogP contribution is 2.31. The third kappa shape index (κ3) is 3.87. The minimum absolute atomic E-state index is 0.0327. The Bertz CT molecular complexity index is 804. The predicted molar refractivity (Wildman–Crippen MR) is 95.1 cm³/mol. The van der Waals surface area contributed by atoms with Crippen LogP contribution in [0.25, 0.3) is 0 Å². The highest BCUT2D eigenvalue weighted by molar-refractivity contribution is 5.94. The number of carbonyl (C=O) groups is 1. The lowest BCUT2D eigenvalue weighted by atomic mass is 10.0. The molecule has 0 aliphatic carbocycles. The average molecular weight is 362 g/mol. The zero-order valence-corrected chi connectivity index (χ0v) is 14.6. The monoisotopic (exact) mass is 362 g/mol. The number of methoxy groups -OCH3 is 2. The number of aryl methyl sites for hydroxylation is 1. The second kappa shape index (κ2) is 7.59. The third-order valence-corrected chi connectivity index (χ3v) is 4.27. The summed E-state index contributed by atoms with van der Waals surface area (Å²) in [4.78, 5) is 14.1. The summed E-state index contributed by atoms with van der Waals surface area (Å²) >= 11 is 0. The van der Waals surface area contributed by atoms with E-state index >= 15 is 0 Å². The van der Waals surface area contributed by atoms with E-state index in [0.717, 1.165) is 12.5 Å². The van der Waals surface area contributed by atoms with Crippen LogP contribution in [0.3, 0.4) is 0 Å². The van der Waals surface area contributed by atoms with E-state index in [4.69, 9.17) is 9.47 Å². The predicted octanol–water partition coefficient (Wildman–Crippen LogP) is 3.37. The van der Waals surface area contributed by atoms with Crippen molar-refractivity contribution in [3.05, 3.63) is 47.5 Å². The Morgan fingerprint density at radius 1 is 1.12 bits per heavy atom. The zero-order chi connectivity index (χ0) is 18.7. The van der Waals surface area contributed by atoms with Crippen molar-refractivity contribution in [2.24, 2.45) is 0 Å². The molecule has 0 saturated heterocycles. The summed E-state index contributed by atoms with van der Waals surface area (Å²) in [6.45, 7) is 0.499. The molecule has 2 aromatic carbocycles. The Hall–Kier alpha value is -2.83. The Morgan fingerprint density at radius 2 is 1.81 bits per heavy atom. The van der Waals surface area contributed by atoms with Gasteiger partial charge in [0, 0.05) is 36.5 Å². The van der Waals surface area contributed by atoms with Crippen molar-refractivity contribution in [3.63, 3.8) is 0 Å². The van der Waals surface area contributed by atoms with Gasteiger partial charge in [0.05, 0.1) is 26.5 Å². The van der Waals surface area contributed by atoms with Gasteiger partial charge in [-0.05, 0) is 24.5 Å². The molecule has 0 atom stereocenters. The molecule has 0 unspecified atom stereocenters. The quantitative estimate of drug-likeness (QED) is 0.886. The molecule has 1 amide bonds. The number of hydrogen-bond donors (Lipinski definition) is 1. The Morgan fingerprint density at radius 3 is 2.46 bits per heavy atom. The molecule has 0 spiro atoms. The lowest BCUT2D eigenvalue weighted by Crippen LogP contribution is -2.37. The Kier molecular flexibility index (Phi) is 5.25. The van der Waals surface area contributed by atoms with Crippen LogP contribution in [0.5, 0.6) is 11.5 Å². The Balaban J connectivity index is 1.76. The minimum atomic E-state index is -0.643.